The Balaban J connectivity index is 1.35. The lowest BCUT2D eigenvalue weighted by atomic mass is 9.68. The van der Waals surface area contributed by atoms with Gasteiger partial charge in [0, 0.05) is 30.6 Å². The predicted molar refractivity (Wildman–Crippen MR) is 140 cm³/mol. The van der Waals surface area contributed by atoms with Gasteiger partial charge in [-0.3, -0.25) is 4.79 Å². The fourth-order valence-electron chi connectivity index (χ4n) is 6.76. The van der Waals surface area contributed by atoms with Gasteiger partial charge in [-0.15, -0.1) is 0 Å². The van der Waals surface area contributed by atoms with E-state index in [0.29, 0.717) is 19.1 Å². The quantitative estimate of drug-likeness (QED) is 0.563. The van der Waals surface area contributed by atoms with Crippen LogP contribution in [0.15, 0.2) is 78.9 Å². The summed E-state index contributed by atoms with van der Waals surface area (Å²) in [5, 5.41) is 3.58. The Morgan fingerprint density at radius 3 is 2.50 bits per heavy atom. The smallest absolute Gasteiger partial charge is 0.228 e. The zero-order valence-electron chi connectivity index (χ0n) is 20.9. The number of carbonyl (C=O) groups excluding carboxylic acids is 1. The van der Waals surface area contributed by atoms with E-state index in [1.54, 1.807) is 7.11 Å². The molecular weight excluding hydrogens is 448 g/mol. The molecule has 3 aromatic rings. The van der Waals surface area contributed by atoms with Gasteiger partial charge in [0.05, 0.1) is 25.7 Å². The van der Waals surface area contributed by atoms with Crippen LogP contribution in [0.4, 0.5) is 0 Å². The average molecular weight is 483 g/mol. The number of hydrogen-bond acceptors (Lipinski definition) is 4. The van der Waals surface area contributed by atoms with Gasteiger partial charge in [-0.05, 0) is 42.4 Å². The van der Waals surface area contributed by atoms with E-state index in [1.165, 1.54) is 11.1 Å². The zero-order valence-corrected chi connectivity index (χ0v) is 20.9. The zero-order chi connectivity index (χ0) is 24.5. The lowest BCUT2D eigenvalue weighted by Crippen LogP contribution is -2.50. The number of amides is 1. The molecule has 0 unspecified atom stereocenters. The van der Waals surface area contributed by atoms with Gasteiger partial charge in [-0.2, -0.15) is 0 Å². The van der Waals surface area contributed by atoms with E-state index in [-0.39, 0.29) is 23.3 Å². The fourth-order valence-corrected chi connectivity index (χ4v) is 6.76. The Bertz CT molecular complexity index is 1220. The van der Waals surface area contributed by atoms with E-state index in [9.17, 15) is 4.79 Å². The molecule has 186 valence electrons. The largest absolute Gasteiger partial charge is 0.493 e. The third-order valence-corrected chi connectivity index (χ3v) is 8.62. The van der Waals surface area contributed by atoms with Crippen LogP contribution in [0.2, 0.25) is 0 Å². The summed E-state index contributed by atoms with van der Waals surface area (Å²) < 4.78 is 11.7. The highest BCUT2D eigenvalue weighted by atomic mass is 16.5. The Kier molecular flexibility index (Phi) is 6.18. The van der Waals surface area contributed by atoms with Gasteiger partial charge in [0.1, 0.15) is 0 Å². The lowest BCUT2D eigenvalue weighted by molar-refractivity contribution is -0.141. The molecule has 0 radical (unpaired) electrons. The first-order chi connectivity index (χ1) is 17.7. The molecule has 3 aromatic carbocycles. The SMILES string of the molecule is COc1cccc2c1OCC[C@]21CNC[C@H]1C(=O)N1CC[C@@H](c2ccccc2)C[C@H]1c1ccccc1. The van der Waals surface area contributed by atoms with Gasteiger partial charge in [0.25, 0.3) is 0 Å². The number of carbonyl (C=O) groups is 1. The van der Waals surface area contributed by atoms with Crippen LogP contribution in [-0.4, -0.2) is 44.2 Å². The first kappa shape index (κ1) is 23.1. The summed E-state index contributed by atoms with van der Waals surface area (Å²) in [5.41, 5.74) is 3.42. The fraction of sp³-hybridized carbons (Fsp3) is 0.387. The van der Waals surface area contributed by atoms with Crippen molar-refractivity contribution in [2.24, 2.45) is 5.92 Å². The van der Waals surface area contributed by atoms with Crippen LogP contribution >= 0.6 is 0 Å². The standard InChI is InChI=1S/C31H34N2O3/c1-35-28-14-8-13-25-29(28)36-18-16-31(25)21-32-20-26(31)30(34)33-17-15-24(22-9-4-2-5-10-22)19-27(33)23-11-6-3-7-12-23/h2-14,24,26-27,32H,15-21H2,1H3/t24-,26+,27+,31+/m1/s1. The second kappa shape index (κ2) is 9.62. The lowest BCUT2D eigenvalue weighted by Gasteiger charge is -2.45. The number of piperidine rings is 1. The molecule has 3 aliphatic heterocycles. The van der Waals surface area contributed by atoms with Crippen LogP contribution in [-0.2, 0) is 10.2 Å². The van der Waals surface area contributed by atoms with Crippen LogP contribution < -0.4 is 14.8 Å². The van der Waals surface area contributed by atoms with E-state index in [2.05, 4.69) is 76.9 Å². The molecule has 2 saturated heterocycles. The van der Waals surface area contributed by atoms with Gasteiger partial charge in [0.15, 0.2) is 11.5 Å². The van der Waals surface area contributed by atoms with Crippen molar-refractivity contribution in [2.75, 3.05) is 33.4 Å². The molecule has 0 aromatic heterocycles. The van der Waals surface area contributed by atoms with Crippen molar-refractivity contribution >= 4 is 5.91 Å². The Morgan fingerprint density at radius 2 is 1.75 bits per heavy atom. The molecule has 1 spiro atoms. The Hall–Kier alpha value is -3.31. The van der Waals surface area contributed by atoms with Gasteiger partial charge in [0.2, 0.25) is 5.91 Å². The number of fused-ring (bicyclic) bond motifs is 2. The van der Waals surface area contributed by atoms with Gasteiger partial charge in [-0.25, -0.2) is 0 Å². The highest BCUT2D eigenvalue weighted by Crippen LogP contribution is 2.50. The molecule has 1 N–H and O–H groups in total. The molecule has 6 rings (SSSR count). The molecule has 5 nitrogen and oxygen atoms in total. The highest BCUT2D eigenvalue weighted by molar-refractivity contribution is 5.83. The minimum atomic E-state index is -0.281. The van der Waals surface area contributed by atoms with Crippen LogP contribution in [0.1, 0.15) is 47.9 Å². The first-order valence-corrected chi connectivity index (χ1v) is 13.1. The second-order valence-corrected chi connectivity index (χ2v) is 10.4. The number of hydrogen-bond donors (Lipinski definition) is 1. The third-order valence-electron chi connectivity index (χ3n) is 8.62. The molecule has 1 amide bonds. The molecule has 3 aliphatic rings. The van der Waals surface area contributed by atoms with Gasteiger partial charge >= 0.3 is 0 Å². The van der Waals surface area contributed by atoms with Crippen LogP contribution in [0.5, 0.6) is 11.5 Å². The molecule has 36 heavy (non-hydrogen) atoms. The monoisotopic (exact) mass is 482 g/mol. The molecule has 0 saturated carbocycles. The predicted octanol–water partition coefficient (Wildman–Crippen LogP) is 5.08. The van der Waals surface area contributed by atoms with Gasteiger partial charge < -0.3 is 19.7 Å². The topological polar surface area (TPSA) is 50.8 Å². The van der Waals surface area contributed by atoms with Crippen molar-refractivity contribution in [3.63, 3.8) is 0 Å². The van der Waals surface area contributed by atoms with E-state index < -0.39 is 0 Å². The van der Waals surface area contributed by atoms with Gasteiger partial charge in [-0.1, -0.05) is 72.8 Å². The summed E-state index contributed by atoms with van der Waals surface area (Å²) in [6, 6.07) is 27.5. The molecule has 2 fully saturated rings. The third kappa shape index (κ3) is 3.86. The number of benzene rings is 3. The average Bonchev–Trinajstić information content (AvgIpc) is 3.37. The van der Waals surface area contributed by atoms with Crippen molar-refractivity contribution in [3.8, 4) is 11.5 Å². The summed E-state index contributed by atoms with van der Waals surface area (Å²) in [5.74, 6) is 2.12. The van der Waals surface area contributed by atoms with E-state index in [4.69, 9.17) is 9.47 Å². The van der Waals surface area contributed by atoms with E-state index in [1.807, 2.05) is 12.1 Å². The summed E-state index contributed by atoms with van der Waals surface area (Å²) in [4.78, 5) is 16.7. The maximum atomic E-state index is 14.5. The molecular formula is C31H34N2O3. The number of para-hydroxylation sites is 1. The Morgan fingerprint density at radius 1 is 1.00 bits per heavy atom. The van der Waals surface area contributed by atoms with E-state index >= 15 is 0 Å². The maximum absolute atomic E-state index is 14.5. The van der Waals surface area contributed by atoms with Crippen molar-refractivity contribution in [1.29, 1.82) is 0 Å². The minimum absolute atomic E-state index is 0.0694. The Labute approximate surface area is 213 Å². The summed E-state index contributed by atoms with van der Waals surface area (Å²) in [6.07, 6.45) is 2.76. The number of ether oxygens (including phenoxy) is 2. The number of nitrogens with zero attached hydrogens (tertiary/aromatic N) is 1. The van der Waals surface area contributed by atoms with E-state index in [0.717, 1.165) is 49.4 Å². The molecule has 0 bridgehead atoms. The number of methoxy groups -OCH3 is 1. The maximum Gasteiger partial charge on any atom is 0.228 e. The van der Waals surface area contributed by atoms with Crippen molar-refractivity contribution in [3.05, 3.63) is 95.6 Å². The number of likely N-dealkylation sites (tertiary alicyclic amines) is 1. The molecule has 4 atom stereocenters. The normalized spacial score (nSPS) is 27.4. The van der Waals surface area contributed by atoms with Crippen molar-refractivity contribution < 1.29 is 14.3 Å². The minimum Gasteiger partial charge on any atom is -0.493 e. The molecule has 0 aliphatic carbocycles. The van der Waals surface area contributed by atoms with Crippen LogP contribution in [0, 0.1) is 5.92 Å². The number of rotatable bonds is 4. The summed E-state index contributed by atoms with van der Waals surface area (Å²) in [6.45, 7) is 2.84. The van der Waals surface area contributed by atoms with Crippen LogP contribution in [0.25, 0.3) is 0 Å². The summed E-state index contributed by atoms with van der Waals surface area (Å²) >= 11 is 0. The highest BCUT2D eigenvalue weighted by Gasteiger charge is 2.53. The summed E-state index contributed by atoms with van der Waals surface area (Å²) in [7, 11) is 1.68. The van der Waals surface area contributed by atoms with Crippen molar-refractivity contribution in [2.45, 2.75) is 36.6 Å². The first-order valence-electron chi connectivity index (χ1n) is 13.1. The number of nitrogens with one attached hydrogen (secondary N) is 1. The molecule has 5 heteroatoms. The second-order valence-electron chi connectivity index (χ2n) is 10.4. The molecule has 3 heterocycles. The van der Waals surface area contributed by atoms with Crippen LogP contribution in [0.3, 0.4) is 0 Å². The van der Waals surface area contributed by atoms with Crippen molar-refractivity contribution in [1.82, 2.24) is 10.2 Å².